The second-order valence-electron chi connectivity index (χ2n) is 5.27. The molecule has 2 saturated heterocycles. The first kappa shape index (κ1) is 17.0. The fourth-order valence-corrected chi connectivity index (χ4v) is 2.56. The molecule has 0 bridgehead atoms. The lowest BCUT2D eigenvalue weighted by Crippen LogP contribution is -2.41. The molecule has 1 unspecified atom stereocenters. The largest absolute Gasteiger partial charge is 0.378 e. The maximum atomic E-state index is 6.09. The van der Waals surface area contributed by atoms with Gasteiger partial charge in [-0.05, 0) is 12.8 Å². The van der Waals surface area contributed by atoms with E-state index in [-0.39, 0.29) is 29.6 Å². The topological polar surface area (TPSA) is 60.1 Å². The number of guanidine groups is 1. The van der Waals surface area contributed by atoms with Crippen LogP contribution in [0.3, 0.4) is 0 Å². The van der Waals surface area contributed by atoms with Gasteiger partial charge in [0.1, 0.15) is 5.60 Å². The van der Waals surface area contributed by atoms with Crippen molar-refractivity contribution in [1.82, 2.24) is 4.90 Å². The smallest absolute Gasteiger partial charge is 0.191 e. The van der Waals surface area contributed by atoms with Crippen molar-refractivity contribution in [3.05, 3.63) is 0 Å². The maximum Gasteiger partial charge on any atom is 0.191 e. The summed E-state index contributed by atoms with van der Waals surface area (Å²) < 4.78 is 11.0. The molecule has 1 atom stereocenters. The lowest BCUT2D eigenvalue weighted by molar-refractivity contribution is -0.00918. The second kappa shape index (κ2) is 8.26. The zero-order chi connectivity index (χ0) is 12.8. The number of halogens is 1. The standard InChI is InChI=1S/C13H25N3O2.HI/c1-17-13(6-9-18-11-13)10-15-12(14)16-7-4-2-3-5-8-16;/h2-11H2,1H3,(H2,14,15);1H. The summed E-state index contributed by atoms with van der Waals surface area (Å²) in [6, 6.07) is 0. The summed E-state index contributed by atoms with van der Waals surface area (Å²) >= 11 is 0. The van der Waals surface area contributed by atoms with E-state index in [1.54, 1.807) is 7.11 Å². The molecule has 6 heteroatoms. The summed E-state index contributed by atoms with van der Waals surface area (Å²) in [5.74, 6) is 0.667. The van der Waals surface area contributed by atoms with Crippen LogP contribution < -0.4 is 5.73 Å². The zero-order valence-corrected chi connectivity index (χ0v) is 14.1. The molecule has 19 heavy (non-hydrogen) atoms. The molecule has 0 aromatic heterocycles. The van der Waals surface area contributed by atoms with Crippen LogP contribution in [0.1, 0.15) is 32.1 Å². The van der Waals surface area contributed by atoms with Gasteiger partial charge in [-0.3, -0.25) is 4.99 Å². The van der Waals surface area contributed by atoms with Crippen molar-refractivity contribution in [3.8, 4) is 0 Å². The molecule has 0 aromatic rings. The molecular formula is C13H26IN3O2. The minimum Gasteiger partial charge on any atom is -0.378 e. The number of hydrogen-bond acceptors (Lipinski definition) is 3. The molecule has 0 aliphatic carbocycles. The van der Waals surface area contributed by atoms with Gasteiger partial charge in [0, 0.05) is 33.2 Å². The SMILES string of the molecule is COC1(CN=C(N)N2CCCCCC2)CCOC1.I. The fraction of sp³-hybridized carbons (Fsp3) is 0.923. The summed E-state index contributed by atoms with van der Waals surface area (Å²) in [5.41, 5.74) is 5.84. The molecule has 2 heterocycles. The Balaban J connectivity index is 0.00000180. The molecule has 0 amide bonds. The Morgan fingerprint density at radius 1 is 1.32 bits per heavy atom. The van der Waals surface area contributed by atoms with Crippen LogP contribution in [0.2, 0.25) is 0 Å². The van der Waals surface area contributed by atoms with Crippen LogP contribution in [0, 0.1) is 0 Å². The molecule has 2 fully saturated rings. The predicted octanol–water partition coefficient (Wildman–Crippen LogP) is 1.60. The minimum absolute atomic E-state index is 0. The van der Waals surface area contributed by atoms with Crippen molar-refractivity contribution in [1.29, 1.82) is 0 Å². The Hall–Kier alpha value is -0.0800. The van der Waals surface area contributed by atoms with Crippen molar-refractivity contribution in [3.63, 3.8) is 0 Å². The quantitative estimate of drug-likeness (QED) is 0.457. The number of methoxy groups -OCH3 is 1. The predicted molar refractivity (Wildman–Crippen MR) is 87.1 cm³/mol. The van der Waals surface area contributed by atoms with Crippen molar-refractivity contribution >= 4 is 29.9 Å². The first-order chi connectivity index (χ1) is 8.76. The van der Waals surface area contributed by atoms with Gasteiger partial charge in [-0.25, -0.2) is 0 Å². The van der Waals surface area contributed by atoms with Crippen LogP contribution in [0.5, 0.6) is 0 Å². The van der Waals surface area contributed by atoms with E-state index < -0.39 is 0 Å². The third-order valence-corrected chi connectivity index (χ3v) is 3.96. The molecule has 0 radical (unpaired) electrons. The van der Waals surface area contributed by atoms with E-state index in [0.29, 0.717) is 19.1 Å². The van der Waals surface area contributed by atoms with Crippen molar-refractivity contribution in [2.75, 3.05) is 40.0 Å². The first-order valence-corrected chi connectivity index (χ1v) is 6.93. The lowest BCUT2D eigenvalue weighted by Gasteiger charge is -2.26. The Morgan fingerprint density at radius 3 is 2.53 bits per heavy atom. The highest BCUT2D eigenvalue weighted by molar-refractivity contribution is 14.0. The van der Waals surface area contributed by atoms with E-state index in [4.69, 9.17) is 15.2 Å². The van der Waals surface area contributed by atoms with Gasteiger partial charge < -0.3 is 20.1 Å². The average Bonchev–Trinajstić information content (AvgIpc) is 2.70. The van der Waals surface area contributed by atoms with Gasteiger partial charge in [0.25, 0.3) is 0 Å². The molecule has 0 aromatic carbocycles. The molecule has 2 aliphatic rings. The van der Waals surface area contributed by atoms with E-state index in [0.717, 1.165) is 26.1 Å². The number of ether oxygens (including phenoxy) is 2. The number of nitrogens with two attached hydrogens (primary N) is 1. The number of rotatable bonds is 3. The van der Waals surface area contributed by atoms with E-state index in [1.807, 2.05) is 0 Å². The van der Waals surface area contributed by atoms with Crippen LogP contribution in [0.4, 0.5) is 0 Å². The average molecular weight is 383 g/mol. The minimum atomic E-state index is -0.254. The number of nitrogens with zero attached hydrogens (tertiary/aromatic N) is 2. The van der Waals surface area contributed by atoms with Gasteiger partial charge in [-0.1, -0.05) is 12.8 Å². The third kappa shape index (κ3) is 4.75. The lowest BCUT2D eigenvalue weighted by atomic mass is 10.0. The Bertz CT molecular complexity index is 286. The van der Waals surface area contributed by atoms with Gasteiger partial charge in [0.05, 0.1) is 13.2 Å². The van der Waals surface area contributed by atoms with Gasteiger partial charge >= 0.3 is 0 Å². The summed E-state index contributed by atoms with van der Waals surface area (Å²) in [6.45, 7) is 4.05. The van der Waals surface area contributed by atoms with Crippen LogP contribution in [-0.4, -0.2) is 56.4 Å². The van der Waals surface area contributed by atoms with Crippen LogP contribution >= 0.6 is 24.0 Å². The van der Waals surface area contributed by atoms with Crippen molar-refractivity contribution < 1.29 is 9.47 Å². The Morgan fingerprint density at radius 2 is 2.00 bits per heavy atom. The second-order valence-corrected chi connectivity index (χ2v) is 5.27. The molecule has 2 rings (SSSR count). The van der Waals surface area contributed by atoms with Gasteiger partial charge in [0.15, 0.2) is 5.96 Å². The van der Waals surface area contributed by atoms with Gasteiger partial charge in [-0.15, -0.1) is 24.0 Å². The van der Waals surface area contributed by atoms with E-state index >= 15 is 0 Å². The molecule has 0 spiro atoms. The highest BCUT2D eigenvalue weighted by Crippen LogP contribution is 2.22. The van der Waals surface area contributed by atoms with Crippen LogP contribution in [0.25, 0.3) is 0 Å². The summed E-state index contributed by atoms with van der Waals surface area (Å²) in [7, 11) is 1.73. The molecule has 5 nitrogen and oxygen atoms in total. The van der Waals surface area contributed by atoms with Gasteiger partial charge in [0.2, 0.25) is 0 Å². The zero-order valence-electron chi connectivity index (χ0n) is 11.8. The normalized spacial score (nSPS) is 28.9. The third-order valence-electron chi connectivity index (χ3n) is 3.96. The molecular weight excluding hydrogens is 357 g/mol. The Labute approximate surface area is 132 Å². The van der Waals surface area contributed by atoms with Crippen molar-refractivity contribution in [2.24, 2.45) is 10.7 Å². The van der Waals surface area contributed by atoms with E-state index in [1.165, 1.54) is 25.7 Å². The number of likely N-dealkylation sites (tertiary alicyclic amines) is 1. The van der Waals surface area contributed by atoms with Crippen molar-refractivity contribution in [2.45, 2.75) is 37.7 Å². The number of aliphatic imine (C=N–C) groups is 1. The summed E-state index contributed by atoms with van der Waals surface area (Å²) in [5, 5.41) is 0. The monoisotopic (exact) mass is 383 g/mol. The summed E-state index contributed by atoms with van der Waals surface area (Å²) in [6.07, 6.45) is 5.95. The van der Waals surface area contributed by atoms with Crippen LogP contribution in [0.15, 0.2) is 4.99 Å². The van der Waals surface area contributed by atoms with E-state index in [2.05, 4.69) is 9.89 Å². The van der Waals surface area contributed by atoms with E-state index in [9.17, 15) is 0 Å². The van der Waals surface area contributed by atoms with Crippen LogP contribution in [-0.2, 0) is 9.47 Å². The summed E-state index contributed by atoms with van der Waals surface area (Å²) in [4.78, 5) is 6.73. The maximum absolute atomic E-state index is 6.09. The molecule has 0 saturated carbocycles. The molecule has 2 N–H and O–H groups in total. The highest BCUT2D eigenvalue weighted by atomic mass is 127. The first-order valence-electron chi connectivity index (χ1n) is 6.93. The fourth-order valence-electron chi connectivity index (χ4n) is 2.56. The Kier molecular flexibility index (Phi) is 7.38. The number of hydrogen-bond donors (Lipinski definition) is 1. The van der Waals surface area contributed by atoms with Gasteiger partial charge in [-0.2, -0.15) is 0 Å². The highest BCUT2D eigenvalue weighted by Gasteiger charge is 2.34. The molecule has 112 valence electrons. The molecule has 2 aliphatic heterocycles.